The van der Waals surface area contributed by atoms with Gasteiger partial charge < -0.3 is 14.1 Å². The van der Waals surface area contributed by atoms with E-state index in [9.17, 15) is 0 Å². The lowest BCUT2D eigenvalue weighted by molar-refractivity contribution is 0.305. The van der Waals surface area contributed by atoms with E-state index in [0.717, 1.165) is 18.6 Å². The highest BCUT2D eigenvalue weighted by Crippen LogP contribution is 2.21. The maximum atomic E-state index is 8.59. The summed E-state index contributed by atoms with van der Waals surface area (Å²) in [5, 5.41) is 8.59. The molecule has 18 heavy (non-hydrogen) atoms. The summed E-state index contributed by atoms with van der Waals surface area (Å²) in [4.78, 5) is 0. The first-order valence-corrected chi connectivity index (χ1v) is 9.29. The zero-order valence-corrected chi connectivity index (χ0v) is 12.6. The molecule has 5 heteroatoms. The second kappa shape index (κ2) is 6.97. The van der Waals surface area contributed by atoms with Gasteiger partial charge >= 0.3 is 7.69 Å². The van der Waals surface area contributed by atoms with Gasteiger partial charge in [-0.05, 0) is 42.8 Å². The van der Waals surface area contributed by atoms with Gasteiger partial charge in [0.05, 0.1) is 0 Å². The zero-order valence-electron chi connectivity index (χ0n) is 11.6. The lowest BCUT2D eigenvalue weighted by Gasteiger charge is -2.26. The number of hydrogen-bond donors (Lipinski definition) is 1. The van der Waals surface area contributed by atoms with E-state index in [4.69, 9.17) is 14.1 Å². The summed E-state index contributed by atoms with van der Waals surface area (Å²) in [5.74, 6) is 0.648. The first-order chi connectivity index (χ1) is 8.45. The molecule has 0 fully saturated rings. The largest absolute Gasteiger partial charge is 0.569 e. The maximum absolute atomic E-state index is 8.59. The molecule has 0 saturated carbocycles. The van der Waals surface area contributed by atoms with Crippen molar-refractivity contribution in [1.29, 1.82) is 0 Å². The van der Waals surface area contributed by atoms with Crippen LogP contribution in [0.1, 0.15) is 19.4 Å². The van der Waals surface area contributed by atoms with Crippen molar-refractivity contribution < 1.29 is 14.1 Å². The molecule has 1 aromatic rings. The third-order valence-corrected chi connectivity index (χ3v) is 7.07. The van der Waals surface area contributed by atoms with E-state index < -0.39 is 8.32 Å². The van der Waals surface area contributed by atoms with Gasteiger partial charge in [-0.1, -0.05) is 26.0 Å². The van der Waals surface area contributed by atoms with Crippen LogP contribution in [0.2, 0.25) is 18.6 Å². The van der Waals surface area contributed by atoms with Crippen molar-refractivity contribution >= 4 is 16.0 Å². The van der Waals surface area contributed by atoms with Crippen LogP contribution in [-0.2, 0) is 10.8 Å². The van der Waals surface area contributed by atoms with Crippen LogP contribution in [0, 0.1) is 0 Å². The van der Waals surface area contributed by atoms with Gasteiger partial charge in [-0.15, -0.1) is 0 Å². The summed E-state index contributed by atoms with van der Waals surface area (Å²) in [5.41, 5.74) is 1.78. The van der Waals surface area contributed by atoms with Crippen LogP contribution in [-0.4, -0.2) is 27.6 Å². The highest BCUT2D eigenvalue weighted by atomic mass is 28.4. The van der Waals surface area contributed by atoms with Crippen molar-refractivity contribution in [2.45, 2.75) is 38.9 Å². The van der Waals surface area contributed by atoms with E-state index in [2.05, 4.69) is 26.9 Å². The molecule has 0 bridgehead atoms. The molecule has 1 rings (SSSR count). The SMILES string of the molecule is CC(C)[Si](C)(C)OCCc1cccc(O[B]O)c1. The fourth-order valence-electron chi connectivity index (χ4n) is 1.43. The molecule has 99 valence electrons. The van der Waals surface area contributed by atoms with Gasteiger partial charge in [0.15, 0.2) is 8.32 Å². The third-order valence-electron chi connectivity index (χ3n) is 3.34. The zero-order chi connectivity index (χ0) is 13.6. The number of benzene rings is 1. The third kappa shape index (κ3) is 4.84. The summed E-state index contributed by atoms with van der Waals surface area (Å²) < 4.78 is 11.0. The van der Waals surface area contributed by atoms with Gasteiger partial charge in [-0.25, -0.2) is 0 Å². The number of hydrogen-bond acceptors (Lipinski definition) is 3. The van der Waals surface area contributed by atoms with Crippen LogP contribution in [0.15, 0.2) is 24.3 Å². The van der Waals surface area contributed by atoms with Crippen molar-refractivity contribution in [3.8, 4) is 5.75 Å². The highest BCUT2D eigenvalue weighted by molar-refractivity contribution is 6.72. The number of rotatable bonds is 7. The summed E-state index contributed by atoms with van der Waals surface area (Å²) in [7, 11) is -0.842. The van der Waals surface area contributed by atoms with E-state index in [1.54, 1.807) is 0 Å². The Kier molecular flexibility index (Phi) is 5.92. The minimum atomic E-state index is -1.54. The minimum Gasteiger partial charge on any atom is -0.537 e. The topological polar surface area (TPSA) is 38.7 Å². The maximum Gasteiger partial charge on any atom is 0.569 e. The monoisotopic (exact) mass is 265 g/mol. The molecule has 0 amide bonds. The Hall–Kier alpha value is -0.778. The molecule has 1 aromatic carbocycles. The standard InChI is InChI=1S/C13H22BO3Si/c1-11(2)18(3,4)16-9-8-12-6-5-7-13(10-12)17-14-15/h5-7,10-11,15H,8-9H2,1-4H3. The van der Waals surface area contributed by atoms with E-state index in [0.29, 0.717) is 19.0 Å². The van der Waals surface area contributed by atoms with Crippen LogP contribution in [0.25, 0.3) is 0 Å². The van der Waals surface area contributed by atoms with Crippen molar-refractivity contribution in [3.05, 3.63) is 29.8 Å². The van der Waals surface area contributed by atoms with E-state index >= 15 is 0 Å². The van der Waals surface area contributed by atoms with Gasteiger partial charge in [-0.2, -0.15) is 0 Å². The fourth-order valence-corrected chi connectivity index (χ4v) is 2.40. The first kappa shape index (κ1) is 15.3. The first-order valence-electron chi connectivity index (χ1n) is 6.31. The molecule has 0 aliphatic heterocycles. The van der Waals surface area contributed by atoms with Crippen LogP contribution in [0.5, 0.6) is 5.75 Å². The Labute approximate surface area is 112 Å². The normalized spacial score (nSPS) is 11.7. The average molecular weight is 265 g/mol. The molecule has 0 saturated heterocycles. The average Bonchev–Trinajstić information content (AvgIpc) is 2.29. The molecule has 0 aliphatic rings. The summed E-state index contributed by atoms with van der Waals surface area (Å²) in [6.45, 7) is 9.68. The highest BCUT2D eigenvalue weighted by Gasteiger charge is 2.26. The fraction of sp³-hybridized carbons (Fsp3) is 0.538. The van der Waals surface area contributed by atoms with E-state index in [-0.39, 0.29) is 0 Å². The molecule has 0 unspecified atom stereocenters. The van der Waals surface area contributed by atoms with Crippen LogP contribution in [0.4, 0.5) is 0 Å². The summed E-state index contributed by atoms with van der Waals surface area (Å²) in [6.07, 6.45) is 0.867. The summed E-state index contributed by atoms with van der Waals surface area (Å²) >= 11 is 0. The van der Waals surface area contributed by atoms with Crippen molar-refractivity contribution in [1.82, 2.24) is 0 Å². The molecule has 0 heterocycles. The smallest absolute Gasteiger partial charge is 0.537 e. The molecule has 1 N–H and O–H groups in total. The van der Waals surface area contributed by atoms with Crippen LogP contribution >= 0.6 is 0 Å². The van der Waals surface area contributed by atoms with E-state index in [1.165, 1.54) is 0 Å². The second-order valence-electron chi connectivity index (χ2n) is 5.23. The Balaban J connectivity index is 2.46. The quantitative estimate of drug-likeness (QED) is 0.770. The Morgan fingerprint density at radius 2 is 2.06 bits per heavy atom. The lowest BCUT2D eigenvalue weighted by atomic mass is 10.1. The Morgan fingerprint density at radius 1 is 1.33 bits per heavy atom. The molecular weight excluding hydrogens is 243 g/mol. The van der Waals surface area contributed by atoms with Gasteiger partial charge in [0.1, 0.15) is 5.75 Å². The predicted molar refractivity (Wildman–Crippen MR) is 77.3 cm³/mol. The van der Waals surface area contributed by atoms with Crippen molar-refractivity contribution in [2.24, 2.45) is 0 Å². The van der Waals surface area contributed by atoms with Gasteiger partial charge in [0.2, 0.25) is 0 Å². The molecule has 0 aliphatic carbocycles. The minimum absolute atomic E-state index is 0.621. The lowest BCUT2D eigenvalue weighted by Crippen LogP contribution is -2.34. The molecule has 0 atom stereocenters. The predicted octanol–water partition coefficient (Wildman–Crippen LogP) is 2.77. The van der Waals surface area contributed by atoms with Crippen molar-refractivity contribution in [3.63, 3.8) is 0 Å². The van der Waals surface area contributed by atoms with Gasteiger partial charge in [0, 0.05) is 6.61 Å². The summed E-state index contributed by atoms with van der Waals surface area (Å²) in [6, 6.07) is 7.68. The van der Waals surface area contributed by atoms with E-state index in [1.807, 2.05) is 24.3 Å². The van der Waals surface area contributed by atoms with Gasteiger partial charge in [-0.3, -0.25) is 0 Å². The molecular formula is C13H22BO3Si. The molecule has 0 aromatic heterocycles. The molecule has 3 nitrogen and oxygen atoms in total. The van der Waals surface area contributed by atoms with Gasteiger partial charge in [0.25, 0.3) is 0 Å². The Morgan fingerprint density at radius 3 is 2.67 bits per heavy atom. The molecule has 1 radical (unpaired) electrons. The Bertz CT molecular complexity index is 369. The van der Waals surface area contributed by atoms with Crippen molar-refractivity contribution in [2.75, 3.05) is 6.61 Å². The molecule has 0 spiro atoms. The second-order valence-corrected chi connectivity index (χ2v) is 9.88. The van der Waals surface area contributed by atoms with Crippen LogP contribution < -0.4 is 4.65 Å². The van der Waals surface area contributed by atoms with Crippen LogP contribution in [0.3, 0.4) is 0 Å².